The highest BCUT2D eigenvalue weighted by molar-refractivity contribution is 6.34. The number of aliphatic hydroxyl groups is 1. The standard InChI is InChI=1S/C13H13ClN2O3/c1-7-10(5-4-9(15-3)12(7)14)16-11(8(2)17)6-19-13(16)18/h4-5,8,11,17H,6H2,1-2H3/t8-,11-/m1/s1. The Labute approximate surface area is 116 Å². The topological polar surface area (TPSA) is 54.1 Å². The molecule has 0 aromatic heterocycles. The van der Waals surface area contributed by atoms with Gasteiger partial charge in [-0.25, -0.2) is 9.64 Å². The molecule has 0 unspecified atom stereocenters. The minimum absolute atomic E-state index is 0.137. The van der Waals surface area contributed by atoms with Gasteiger partial charge in [-0.05, 0) is 25.5 Å². The zero-order valence-corrected chi connectivity index (χ0v) is 11.3. The largest absolute Gasteiger partial charge is 0.447 e. The first-order valence-electron chi connectivity index (χ1n) is 5.78. The molecule has 1 heterocycles. The number of anilines is 1. The fourth-order valence-electron chi connectivity index (χ4n) is 2.08. The van der Waals surface area contributed by atoms with Crippen LogP contribution in [0.2, 0.25) is 5.02 Å². The Morgan fingerprint density at radius 2 is 2.32 bits per heavy atom. The lowest BCUT2D eigenvalue weighted by atomic mass is 10.1. The molecule has 19 heavy (non-hydrogen) atoms. The molecule has 1 amide bonds. The third kappa shape index (κ3) is 2.25. The van der Waals surface area contributed by atoms with E-state index in [2.05, 4.69) is 4.85 Å². The van der Waals surface area contributed by atoms with Crippen LogP contribution in [0, 0.1) is 13.5 Å². The van der Waals surface area contributed by atoms with Gasteiger partial charge in [0, 0.05) is 5.69 Å². The van der Waals surface area contributed by atoms with E-state index in [1.807, 2.05) is 0 Å². The third-order valence-electron chi connectivity index (χ3n) is 3.18. The highest BCUT2D eigenvalue weighted by Gasteiger charge is 2.38. The van der Waals surface area contributed by atoms with Crippen molar-refractivity contribution in [1.82, 2.24) is 0 Å². The number of amides is 1. The normalized spacial score (nSPS) is 20.1. The van der Waals surface area contributed by atoms with Crippen LogP contribution in [0.15, 0.2) is 12.1 Å². The van der Waals surface area contributed by atoms with E-state index >= 15 is 0 Å². The summed E-state index contributed by atoms with van der Waals surface area (Å²) in [5, 5.41) is 10.0. The number of cyclic esters (lactones) is 1. The molecular formula is C13H13ClN2O3. The molecule has 6 heteroatoms. The quantitative estimate of drug-likeness (QED) is 0.848. The summed E-state index contributed by atoms with van der Waals surface area (Å²) in [6.45, 7) is 10.5. The number of aliphatic hydroxyl groups excluding tert-OH is 1. The van der Waals surface area contributed by atoms with Crippen LogP contribution < -0.4 is 4.90 Å². The van der Waals surface area contributed by atoms with E-state index in [9.17, 15) is 9.90 Å². The number of halogens is 1. The van der Waals surface area contributed by atoms with Crippen LogP contribution in [-0.2, 0) is 4.74 Å². The molecule has 0 radical (unpaired) electrons. The van der Waals surface area contributed by atoms with Crippen LogP contribution in [0.5, 0.6) is 0 Å². The maximum Gasteiger partial charge on any atom is 0.414 e. The van der Waals surface area contributed by atoms with Crippen molar-refractivity contribution in [3.63, 3.8) is 0 Å². The molecule has 1 saturated heterocycles. The number of rotatable bonds is 2. The molecule has 1 aliphatic rings. The van der Waals surface area contributed by atoms with Gasteiger partial charge in [-0.1, -0.05) is 17.7 Å². The van der Waals surface area contributed by atoms with Crippen molar-refractivity contribution in [1.29, 1.82) is 0 Å². The number of carbonyl (C=O) groups excluding carboxylic acids is 1. The molecule has 100 valence electrons. The number of nitrogens with zero attached hydrogens (tertiary/aromatic N) is 2. The Bertz CT molecular complexity index is 566. The highest BCUT2D eigenvalue weighted by atomic mass is 35.5. The lowest BCUT2D eigenvalue weighted by molar-refractivity contribution is 0.142. The molecule has 0 aliphatic carbocycles. The van der Waals surface area contributed by atoms with Gasteiger partial charge in [-0.2, -0.15) is 0 Å². The zero-order valence-electron chi connectivity index (χ0n) is 10.6. The summed E-state index contributed by atoms with van der Waals surface area (Å²) in [4.78, 5) is 16.5. The van der Waals surface area contributed by atoms with Crippen LogP contribution in [0.25, 0.3) is 4.85 Å². The number of hydrogen-bond acceptors (Lipinski definition) is 3. The molecule has 2 atom stereocenters. The van der Waals surface area contributed by atoms with Gasteiger partial charge in [-0.3, -0.25) is 4.90 Å². The second-order valence-corrected chi connectivity index (χ2v) is 4.79. The van der Waals surface area contributed by atoms with Crippen LogP contribution in [0.1, 0.15) is 12.5 Å². The summed E-state index contributed by atoms with van der Waals surface area (Å²) in [7, 11) is 0. The minimum Gasteiger partial charge on any atom is -0.447 e. The number of carbonyl (C=O) groups is 1. The molecule has 1 N–H and O–H groups in total. The van der Waals surface area contributed by atoms with Gasteiger partial charge < -0.3 is 9.84 Å². The van der Waals surface area contributed by atoms with Crippen molar-refractivity contribution in [3.8, 4) is 0 Å². The van der Waals surface area contributed by atoms with Crippen LogP contribution >= 0.6 is 11.6 Å². The fourth-order valence-corrected chi connectivity index (χ4v) is 2.28. The third-order valence-corrected chi connectivity index (χ3v) is 3.66. The first-order chi connectivity index (χ1) is 8.97. The minimum atomic E-state index is -0.717. The maximum atomic E-state index is 11.8. The number of hydrogen-bond donors (Lipinski definition) is 1. The fraction of sp³-hybridized carbons (Fsp3) is 0.385. The Hall–Kier alpha value is -1.77. The first kappa shape index (κ1) is 13.7. The van der Waals surface area contributed by atoms with Gasteiger partial charge in [0.2, 0.25) is 5.69 Å². The maximum absolute atomic E-state index is 11.8. The predicted molar refractivity (Wildman–Crippen MR) is 71.7 cm³/mol. The lowest BCUT2D eigenvalue weighted by Crippen LogP contribution is -2.41. The summed E-state index contributed by atoms with van der Waals surface area (Å²) < 4.78 is 4.97. The molecule has 1 aromatic carbocycles. The van der Waals surface area contributed by atoms with E-state index in [0.29, 0.717) is 22.0 Å². The van der Waals surface area contributed by atoms with Gasteiger partial charge in [0.1, 0.15) is 12.6 Å². The Morgan fingerprint density at radius 1 is 1.63 bits per heavy atom. The zero-order chi connectivity index (χ0) is 14.2. The van der Waals surface area contributed by atoms with Crippen molar-refractivity contribution in [2.45, 2.75) is 26.0 Å². The second kappa shape index (κ2) is 5.08. The molecule has 1 fully saturated rings. The van der Waals surface area contributed by atoms with Crippen molar-refractivity contribution in [2.75, 3.05) is 11.5 Å². The predicted octanol–water partition coefficient (Wildman–Crippen LogP) is 2.91. The van der Waals surface area contributed by atoms with Gasteiger partial charge in [0.15, 0.2) is 0 Å². The summed E-state index contributed by atoms with van der Waals surface area (Å²) in [6, 6.07) is 2.76. The molecule has 5 nitrogen and oxygen atoms in total. The van der Waals surface area contributed by atoms with Gasteiger partial charge in [0.25, 0.3) is 0 Å². The van der Waals surface area contributed by atoms with Crippen LogP contribution in [0.3, 0.4) is 0 Å². The van der Waals surface area contributed by atoms with E-state index in [1.165, 1.54) is 4.90 Å². The Balaban J connectivity index is 2.50. The smallest absolute Gasteiger partial charge is 0.414 e. The SMILES string of the molecule is [C-]#[N+]c1ccc(N2C(=O)OC[C@@H]2[C@@H](C)O)c(C)c1Cl. The highest BCUT2D eigenvalue weighted by Crippen LogP contribution is 2.37. The second-order valence-electron chi connectivity index (χ2n) is 4.41. The summed E-state index contributed by atoms with van der Waals surface area (Å²) in [5.41, 5.74) is 1.52. The number of benzene rings is 1. The average molecular weight is 281 g/mol. The molecule has 0 spiro atoms. The van der Waals surface area contributed by atoms with E-state index < -0.39 is 18.2 Å². The summed E-state index contributed by atoms with van der Waals surface area (Å²) in [6.07, 6.45) is -1.23. The lowest BCUT2D eigenvalue weighted by Gasteiger charge is -2.25. The summed E-state index contributed by atoms with van der Waals surface area (Å²) in [5.74, 6) is 0. The molecule has 2 rings (SSSR count). The van der Waals surface area contributed by atoms with Gasteiger partial charge in [0.05, 0.1) is 17.7 Å². The Morgan fingerprint density at radius 3 is 2.89 bits per heavy atom. The molecule has 1 aliphatic heterocycles. The van der Waals surface area contributed by atoms with E-state index in [0.717, 1.165) is 0 Å². The molecule has 0 saturated carbocycles. The molecule has 1 aromatic rings. The van der Waals surface area contributed by atoms with Gasteiger partial charge >= 0.3 is 6.09 Å². The van der Waals surface area contributed by atoms with Gasteiger partial charge in [-0.15, -0.1) is 0 Å². The monoisotopic (exact) mass is 280 g/mol. The average Bonchev–Trinajstić information content (AvgIpc) is 2.75. The van der Waals surface area contributed by atoms with Crippen molar-refractivity contribution >= 4 is 29.1 Å². The van der Waals surface area contributed by atoms with E-state index in [1.54, 1.807) is 26.0 Å². The van der Waals surface area contributed by atoms with Crippen LogP contribution in [-0.4, -0.2) is 30.0 Å². The van der Waals surface area contributed by atoms with Crippen molar-refractivity contribution in [2.24, 2.45) is 0 Å². The summed E-state index contributed by atoms with van der Waals surface area (Å²) >= 11 is 6.10. The van der Waals surface area contributed by atoms with Crippen molar-refractivity contribution < 1.29 is 14.6 Å². The molecule has 0 bridgehead atoms. The van der Waals surface area contributed by atoms with E-state index in [4.69, 9.17) is 22.9 Å². The Kier molecular flexibility index (Phi) is 3.65. The first-order valence-corrected chi connectivity index (χ1v) is 6.15. The van der Waals surface area contributed by atoms with Crippen molar-refractivity contribution in [3.05, 3.63) is 34.1 Å². The van der Waals surface area contributed by atoms with Crippen LogP contribution in [0.4, 0.5) is 16.2 Å². The van der Waals surface area contributed by atoms with E-state index in [-0.39, 0.29) is 6.61 Å². The number of ether oxygens (including phenoxy) is 1. The molecular weight excluding hydrogens is 268 g/mol.